The van der Waals surface area contributed by atoms with E-state index in [4.69, 9.17) is 4.74 Å². The highest BCUT2D eigenvalue weighted by molar-refractivity contribution is 5.98. The SMILES string of the molecule is O=C(c1cc2cnccc2nc1C(F)(F)F)N1CCCN(CCOc2ccccc2)CC1. The zero-order valence-electron chi connectivity index (χ0n) is 17.4. The van der Waals surface area contributed by atoms with Crippen LogP contribution < -0.4 is 4.74 Å². The minimum atomic E-state index is -4.73. The Bertz CT molecular complexity index is 1080. The number of halogens is 3. The van der Waals surface area contributed by atoms with E-state index in [1.807, 2.05) is 30.3 Å². The number of aromatic nitrogens is 2. The molecule has 0 saturated carbocycles. The molecule has 0 atom stereocenters. The molecular weight excluding hydrogens is 421 g/mol. The lowest BCUT2D eigenvalue weighted by Gasteiger charge is -2.23. The van der Waals surface area contributed by atoms with Crippen molar-refractivity contribution in [3.8, 4) is 5.75 Å². The van der Waals surface area contributed by atoms with Crippen LogP contribution >= 0.6 is 0 Å². The fraction of sp³-hybridized carbons (Fsp3) is 0.348. The van der Waals surface area contributed by atoms with E-state index in [1.165, 1.54) is 29.4 Å². The number of carbonyl (C=O) groups is 1. The van der Waals surface area contributed by atoms with Crippen LogP contribution in [0, 0.1) is 0 Å². The molecule has 1 amide bonds. The van der Waals surface area contributed by atoms with E-state index in [0.717, 1.165) is 12.3 Å². The third-order valence-electron chi connectivity index (χ3n) is 5.41. The van der Waals surface area contributed by atoms with Crippen LogP contribution in [0.25, 0.3) is 10.9 Å². The summed E-state index contributed by atoms with van der Waals surface area (Å²) in [6.07, 6.45) is -1.27. The molecule has 0 N–H and O–H groups in total. The summed E-state index contributed by atoms with van der Waals surface area (Å²) in [6.45, 7) is 3.21. The van der Waals surface area contributed by atoms with Crippen molar-refractivity contribution in [2.24, 2.45) is 0 Å². The molecule has 1 aromatic carbocycles. The zero-order valence-corrected chi connectivity index (χ0v) is 17.4. The van der Waals surface area contributed by atoms with Crippen LogP contribution in [-0.4, -0.2) is 65.0 Å². The lowest BCUT2D eigenvalue weighted by atomic mass is 10.1. The average molecular weight is 444 g/mol. The van der Waals surface area contributed by atoms with Gasteiger partial charge in [-0.15, -0.1) is 0 Å². The molecule has 0 spiro atoms. The second-order valence-electron chi connectivity index (χ2n) is 7.60. The average Bonchev–Trinajstić information content (AvgIpc) is 3.03. The highest BCUT2D eigenvalue weighted by Crippen LogP contribution is 2.33. The topological polar surface area (TPSA) is 58.6 Å². The van der Waals surface area contributed by atoms with Gasteiger partial charge in [-0.25, -0.2) is 4.98 Å². The molecule has 0 bridgehead atoms. The zero-order chi connectivity index (χ0) is 22.6. The van der Waals surface area contributed by atoms with Crippen molar-refractivity contribution in [2.75, 3.05) is 39.3 Å². The van der Waals surface area contributed by atoms with Crippen LogP contribution in [0.15, 0.2) is 54.9 Å². The smallest absolute Gasteiger partial charge is 0.434 e. The molecule has 0 unspecified atom stereocenters. The Balaban J connectivity index is 1.44. The minimum absolute atomic E-state index is 0.157. The van der Waals surface area contributed by atoms with Crippen molar-refractivity contribution in [3.63, 3.8) is 0 Å². The summed E-state index contributed by atoms with van der Waals surface area (Å²) in [5.74, 6) is 0.134. The van der Waals surface area contributed by atoms with Crippen molar-refractivity contribution in [1.82, 2.24) is 19.8 Å². The molecule has 1 fully saturated rings. The molecule has 1 saturated heterocycles. The van der Waals surface area contributed by atoms with Gasteiger partial charge in [0.25, 0.3) is 5.91 Å². The molecule has 1 aliphatic heterocycles. The van der Waals surface area contributed by atoms with Crippen LogP contribution in [0.3, 0.4) is 0 Å². The molecule has 2 aromatic heterocycles. The maximum absolute atomic E-state index is 13.7. The maximum atomic E-state index is 13.7. The van der Waals surface area contributed by atoms with E-state index in [-0.39, 0.29) is 5.52 Å². The highest BCUT2D eigenvalue weighted by atomic mass is 19.4. The Hall–Kier alpha value is -3.20. The molecule has 4 rings (SSSR count). The highest BCUT2D eigenvalue weighted by Gasteiger charge is 2.38. The minimum Gasteiger partial charge on any atom is -0.492 e. The molecule has 0 aliphatic carbocycles. The first kappa shape index (κ1) is 22.0. The van der Waals surface area contributed by atoms with Gasteiger partial charge < -0.3 is 9.64 Å². The first-order valence-electron chi connectivity index (χ1n) is 10.4. The molecule has 3 aromatic rings. The summed E-state index contributed by atoms with van der Waals surface area (Å²) >= 11 is 0. The summed E-state index contributed by atoms with van der Waals surface area (Å²) in [4.78, 5) is 24.4. The molecule has 3 heterocycles. The second kappa shape index (κ2) is 9.52. The van der Waals surface area contributed by atoms with Crippen molar-refractivity contribution in [3.05, 3.63) is 66.1 Å². The Kier molecular flexibility index (Phi) is 6.55. The van der Waals surface area contributed by atoms with E-state index >= 15 is 0 Å². The summed E-state index contributed by atoms with van der Waals surface area (Å²) in [5.41, 5.74) is -1.43. The van der Waals surface area contributed by atoms with Gasteiger partial charge in [-0.05, 0) is 30.7 Å². The lowest BCUT2D eigenvalue weighted by molar-refractivity contribution is -0.141. The van der Waals surface area contributed by atoms with E-state index in [0.29, 0.717) is 44.6 Å². The van der Waals surface area contributed by atoms with Gasteiger partial charge in [-0.3, -0.25) is 14.7 Å². The van der Waals surface area contributed by atoms with Gasteiger partial charge in [0.15, 0.2) is 5.69 Å². The maximum Gasteiger partial charge on any atom is 0.434 e. The summed E-state index contributed by atoms with van der Waals surface area (Å²) < 4.78 is 46.7. The van der Waals surface area contributed by atoms with E-state index in [9.17, 15) is 18.0 Å². The standard InChI is InChI=1S/C23H23F3N4O2/c24-23(25,26)21-19(15-17-16-27-8-7-20(17)28-21)22(31)30-10-4-9-29(11-12-30)13-14-32-18-5-2-1-3-6-18/h1-3,5-8,15-16H,4,9-14H2. The first-order valence-corrected chi connectivity index (χ1v) is 10.4. The molecule has 1 aliphatic rings. The number of hydrogen-bond acceptors (Lipinski definition) is 5. The number of amides is 1. The van der Waals surface area contributed by atoms with Gasteiger partial charge in [0.05, 0.1) is 11.1 Å². The summed E-state index contributed by atoms with van der Waals surface area (Å²) in [6, 6.07) is 12.1. The van der Waals surface area contributed by atoms with Crippen LogP contribution in [0.4, 0.5) is 13.2 Å². The van der Waals surface area contributed by atoms with E-state index < -0.39 is 23.3 Å². The van der Waals surface area contributed by atoms with Gasteiger partial charge in [-0.2, -0.15) is 13.2 Å². The third-order valence-corrected chi connectivity index (χ3v) is 5.41. The summed E-state index contributed by atoms with van der Waals surface area (Å²) in [7, 11) is 0. The summed E-state index contributed by atoms with van der Waals surface area (Å²) in [5, 5.41) is 0.401. The predicted molar refractivity (Wildman–Crippen MR) is 113 cm³/mol. The number of benzene rings is 1. The third kappa shape index (κ3) is 5.16. The Labute approximate surface area is 183 Å². The number of carbonyl (C=O) groups excluding carboxylic acids is 1. The number of rotatable bonds is 5. The van der Waals surface area contributed by atoms with Crippen molar-refractivity contribution in [2.45, 2.75) is 12.6 Å². The number of pyridine rings is 2. The van der Waals surface area contributed by atoms with Crippen molar-refractivity contribution >= 4 is 16.8 Å². The molecule has 0 radical (unpaired) electrons. The van der Waals surface area contributed by atoms with Gasteiger partial charge in [-0.1, -0.05) is 18.2 Å². The normalized spacial score (nSPS) is 15.5. The molecule has 9 heteroatoms. The van der Waals surface area contributed by atoms with Crippen LogP contribution in [0.2, 0.25) is 0 Å². The number of alkyl halides is 3. The number of nitrogens with zero attached hydrogens (tertiary/aromatic N) is 4. The monoisotopic (exact) mass is 444 g/mol. The number of hydrogen-bond donors (Lipinski definition) is 0. The molecular formula is C23H23F3N4O2. The molecule has 32 heavy (non-hydrogen) atoms. The van der Waals surface area contributed by atoms with Crippen LogP contribution in [0.5, 0.6) is 5.75 Å². The van der Waals surface area contributed by atoms with Crippen molar-refractivity contribution in [1.29, 1.82) is 0 Å². The predicted octanol–water partition coefficient (Wildman–Crippen LogP) is 3.88. The van der Waals surface area contributed by atoms with Crippen LogP contribution in [-0.2, 0) is 6.18 Å². The Morgan fingerprint density at radius 2 is 1.88 bits per heavy atom. The van der Waals surface area contributed by atoms with E-state index in [2.05, 4.69) is 14.9 Å². The van der Waals surface area contributed by atoms with Crippen molar-refractivity contribution < 1.29 is 22.7 Å². The van der Waals surface area contributed by atoms with Gasteiger partial charge in [0, 0.05) is 50.5 Å². The number of ether oxygens (including phenoxy) is 1. The molecule has 6 nitrogen and oxygen atoms in total. The number of para-hydroxylation sites is 1. The van der Waals surface area contributed by atoms with Gasteiger partial charge >= 0.3 is 6.18 Å². The van der Waals surface area contributed by atoms with E-state index in [1.54, 1.807) is 0 Å². The number of fused-ring (bicyclic) bond motifs is 1. The largest absolute Gasteiger partial charge is 0.492 e. The first-order chi connectivity index (χ1) is 15.4. The van der Waals surface area contributed by atoms with Gasteiger partial charge in [0.2, 0.25) is 0 Å². The fourth-order valence-corrected chi connectivity index (χ4v) is 3.77. The second-order valence-corrected chi connectivity index (χ2v) is 7.60. The Morgan fingerprint density at radius 1 is 1.06 bits per heavy atom. The quantitative estimate of drug-likeness (QED) is 0.598. The molecule has 168 valence electrons. The Morgan fingerprint density at radius 3 is 2.66 bits per heavy atom. The lowest BCUT2D eigenvalue weighted by Crippen LogP contribution is -2.37. The van der Waals surface area contributed by atoms with Crippen LogP contribution in [0.1, 0.15) is 22.5 Å². The fourth-order valence-electron chi connectivity index (χ4n) is 3.77. The van der Waals surface area contributed by atoms with Gasteiger partial charge in [0.1, 0.15) is 12.4 Å².